The molecule has 1 atom stereocenters. The van der Waals surface area contributed by atoms with Gasteiger partial charge in [-0.25, -0.2) is 4.98 Å². The number of aromatic nitrogens is 1. The monoisotopic (exact) mass is 520 g/mol. The van der Waals surface area contributed by atoms with E-state index in [1.165, 1.54) is 48.5 Å². The van der Waals surface area contributed by atoms with Gasteiger partial charge in [-0.2, -0.15) is 0 Å². The summed E-state index contributed by atoms with van der Waals surface area (Å²) in [5, 5.41) is 33.6. The number of fused-ring (bicyclic) bond motifs is 1. The number of aliphatic hydroxyl groups is 1. The van der Waals surface area contributed by atoms with Crippen LogP contribution in [-0.4, -0.2) is 31.6 Å². The van der Waals surface area contributed by atoms with Crippen molar-refractivity contribution in [2.75, 3.05) is 4.90 Å². The lowest BCUT2D eigenvalue weighted by Crippen LogP contribution is -2.31. The van der Waals surface area contributed by atoms with Gasteiger partial charge in [0, 0.05) is 24.3 Å². The van der Waals surface area contributed by atoms with Crippen LogP contribution in [0.5, 0.6) is 0 Å². The van der Waals surface area contributed by atoms with Gasteiger partial charge >= 0.3 is 0 Å². The van der Waals surface area contributed by atoms with Crippen LogP contribution in [0.25, 0.3) is 10.2 Å². The van der Waals surface area contributed by atoms with Crippen LogP contribution >= 0.6 is 11.3 Å². The smallest absolute Gasteiger partial charge is 0.296 e. The number of hydrogen-bond donors (Lipinski definition) is 1. The highest BCUT2D eigenvalue weighted by atomic mass is 32.1. The van der Waals surface area contributed by atoms with Crippen molar-refractivity contribution in [2.24, 2.45) is 0 Å². The van der Waals surface area contributed by atoms with E-state index in [0.717, 1.165) is 16.2 Å². The van der Waals surface area contributed by atoms with E-state index >= 15 is 0 Å². The predicted molar refractivity (Wildman–Crippen MR) is 132 cm³/mol. The van der Waals surface area contributed by atoms with Crippen molar-refractivity contribution in [1.82, 2.24) is 4.98 Å². The van der Waals surface area contributed by atoms with Gasteiger partial charge in [0.1, 0.15) is 11.5 Å². The first kappa shape index (κ1) is 23.8. The molecule has 2 aromatic carbocycles. The number of hydrogen-bond acceptors (Lipinski definition) is 10. The van der Waals surface area contributed by atoms with Crippen LogP contribution in [0.3, 0.4) is 0 Å². The van der Waals surface area contributed by atoms with E-state index in [0.29, 0.717) is 16.0 Å². The number of nitrogens with zero attached hydrogens (tertiary/aromatic N) is 4. The Balaban J connectivity index is 1.70. The van der Waals surface area contributed by atoms with Crippen LogP contribution in [0.1, 0.15) is 33.5 Å². The first-order valence-corrected chi connectivity index (χ1v) is 11.6. The molecule has 5 rings (SSSR count). The number of nitro groups is 2. The summed E-state index contributed by atoms with van der Waals surface area (Å²) in [4.78, 5) is 53.9. The quantitative estimate of drug-likeness (QED) is 0.206. The Morgan fingerprint density at radius 1 is 1.08 bits per heavy atom. The molecule has 0 radical (unpaired) electrons. The molecule has 0 bridgehead atoms. The summed E-state index contributed by atoms with van der Waals surface area (Å²) >= 11 is 0.946. The van der Waals surface area contributed by atoms with Gasteiger partial charge < -0.3 is 9.52 Å². The van der Waals surface area contributed by atoms with Gasteiger partial charge in [0.25, 0.3) is 17.3 Å². The molecule has 1 aliphatic rings. The highest BCUT2D eigenvalue weighted by Crippen LogP contribution is 2.45. The van der Waals surface area contributed by atoms with Gasteiger partial charge in [0.2, 0.25) is 0 Å². The average Bonchev–Trinajstić information content (AvgIpc) is 3.51. The summed E-state index contributed by atoms with van der Waals surface area (Å²) in [6.07, 6.45) is 0. The summed E-state index contributed by atoms with van der Waals surface area (Å²) in [7, 11) is 0. The van der Waals surface area contributed by atoms with Crippen molar-refractivity contribution < 1.29 is 29.0 Å². The molecular weight excluding hydrogens is 504 g/mol. The lowest BCUT2D eigenvalue weighted by molar-refractivity contribution is -0.385. The maximum Gasteiger partial charge on any atom is 0.296 e. The molecule has 0 fully saturated rings. The molecule has 0 saturated carbocycles. The van der Waals surface area contributed by atoms with Crippen LogP contribution in [0.15, 0.2) is 64.3 Å². The fourth-order valence-corrected chi connectivity index (χ4v) is 5.30. The topological polar surface area (TPSA) is 170 Å². The van der Waals surface area contributed by atoms with Gasteiger partial charge in [0.15, 0.2) is 16.7 Å². The fraction of sp³-hybridized carbons (Fsp3) is 0.125. The number of nitro benzene ring substituents is 2. The highest BCUT2D eigenvalue weighted by Gasteiger charge is 2.46. The van der Waals surface area contributed by atoms with Crippen molar-refractivity contribution in [3.8, 4) is 0 Å². The maximum atomic E-state index is 13.6. The van der Waals surface area contributed by atoms with Gasteiger partial charge in [-0.15, -0.1) is 0 Å². The number of benzene rings is 2. The van der Waals surface area contributed by atoms with Crippen molar-refractivity contribution in [1.29, 1.82) is 0 Å². The number of carbonyl (C=O) groups excluding carboxylic acids is 2. The van der Waals surface area contributed by atoms with E-state index in [1.54, 1.807) is 13.8 Å². The standard InChI is InChI=1S/C24H16N4O8S/c1-11-8-16(12(2)36-11)21(29)19-20(13-4-3-5-14(9-13)27(32)33)26(23(31)22(19)30)24-25-17-7-6-15(28(34)35)10-18(17)37-24/h3-10,20,30H,1-2H3. The number of non-ortho nitro benzene ring substituents is 2. The molecule has 0 aliphatic carbocycles. The summed E-state index contributed by atoms with van der Waals surface area (Å²) < 4.78 is 5.85. The third-order valence-corrected chi connectivity index (χ3v) is 6.93. The molecule has 4 aromatic rings. The summed E-state index contributed by atoms with van der Waals surface area (Å²) in [5.74, 6) is -1.73. The second kappa shape index (κ2) is 8.64. The third kappa shape index (κ3) is 3.90. The number of carbonyl (C=O) groups is 2. The highest BCUT2D eigenvalue weighted by molar-refractivity contribution is 7.22. The Labute approximate surface area is 211 Å². The second-order valence-electron chi connectivity index (χ2n) is 8.25. The fourth-order valence-electron chi connectivity index (χ4n) is 4.28. The molecule has 1 amide bonds. The molecule has 186 valence electrons. The molecule has 13 heteroatoms. The maximum absolute atomic E-state index is 13.6. The van der Waals surface area contributed by atoms with Gasteiger partial charge in [-0.1, -0.05) is 23.5 Å². The normalized spacial score (nSPS) is 15.6. The Kier molecular flexibility index (Phi) is 5.56. The van der Waals surface area contributed by atoms with Crippen LogP contribution in [0.4, 0.5) is 16.5 Å². The van der Waals surface area contributed by atoms with Gasteiger partial charge in [-0.3, -0.25) is 34.7 Å². The van der Waals surface area contributed by atoms with Crippen LogP contribution in [0.2, 0.25) is 0 Å². The van der Waals surface area contributed by atoms with Gasteiger partial charge in [0.05, 0.1) is 37.2 Å². The largest absolute Gasteiger partial charge is 0.503 e. The van der Waals surface area contributed by atoms with E-state index in [2.05, 4.69) is 4.98 Å². The van der Waals surface area contributed by atoms with Crippen LogP contribution < -0.4 is 4.90 Å². The molecule has 2 aromatic heterocycles. The van der Waals surface area contributed by atoms with E-state index in [9.17, 15) is 34.9 Å². The molecule has 1 unspecified atom stereocenters. The van der Waals surface area contributed by atoms with E-state index in [-0.39, 0.29) is 39.0 Å². The molecule has 0 saturated heterocycles. The average molecular weight is 520 g/mol. The Morgan fingerprint density at radius 2 is 1.78 bits per heavy atom. The lowest BCUT2D eigenvalue weighted by atomic mass is 9.92. The number of rotatable bonds is 6. The van der Waals surface area contributed by atoms with Crippen molar-refractivity contribution in [3.05, 3.63) is 103 Å². The Hall–Kier alpha value is -4.91. The first-order valence-electron chi connectivity index (χ1n) is 10.7. The molecule has 37 heavy (non-hydrogen) atoms. The SMILES string of the molecule is Cc1cc(C(=O)C2=C(O)C(=O)N(c3nc4ccc([N+](=O)[O-])cc4s3)C2c2cccc([N+](=O)[O-])c2)c(C)o1. The van der Waals surface area contributed by atoms with E-state index in [1.807, 2.05) is 0 Å². The number of thiazole rings is 1. The first-order chi connectivity index (χ1) is 17.6. The number of furan rings is 1. The minimum atomic E-state index is -1.26. The van der Waals surface area contributed by atoms with Crippen molar-refractivity contribution in [3.63, 3.8) is 0 Å². The van der Waals surface area contributed by atoms with Crippen LogP contribution in [-0.2, 0) is 4.79 Å². The van der Waals surface area contributed by atoms with Gasteiger partial charge in [-0.05, 0) is 31.5 Å². The number of aliphatic hydroxyl groups excluding tert-OH is 1. The zero-order valence-electron chi connectivity index (χ0n) is 19.2. The number of aryl methyl sites for hydroxylation is 2. The molecule has 0 spiro atoms. The molecular formula is C24H16N4O8S. The molecule has 1 aliphatic heterocycles. The molecule has 12 nitrogen and oxygen atoms in total. The second-order valence-corrected chi connectivity index (χ2v) is 9.26. The van der Waals surface area contributed by atoms with E-state index < -0.39 is 33.3 Å². The molecule has 3 heterocycles. The Morgan fingerprint density at radius 3 is 2.43 bits per heavy atom. The third-order valence-electron chi connectivity index (χ3n) is 5.91. The molecule has 1 N–H and O–H groups in total. The summed E-state index contributed by atoms with van der Waals surface area (Å²) in [6, 6.07) is 9.59. The van der Waals surface area contributed by atoms with Crippen LogP contribution in [0, 0.1) is 34.1 Å². The van der Waals surface area contributed by atoms with Crippen molar-refractivity contribution in [2.45, 2.75) is 19.9 Å². The minimum absolute atomic E-state index is 0.0476. The number of anilines is 1. The lowest BCUT2D eigenvalue weighted by Gasteiger charge is -2.24. The predicted octanol–water partition coefficient (Wildman–Crippen LogP) is 5.11. The zero-order valence-corrected chi connectivity index (χ0v) is 20.0. The number of ketones is 1. The Bertz CT molecular complexity index is 1680. The summed E-state index contributed by atoms with van der Waals surface area (Å²) in [5.41, 5.74) is -0.0646. The number of amides is 1. The minimum Gasteiger partial charge on any atom is -0.503 e. The van der Waals surface area contributed by atoms with Crippen molar-refractivity contribution >= 4 is 49.8 Å². The summed E-state index contributed by atoms with van der Waals surface area (Å²) in [6.45, 7) is 3.21. The zero-order chi connectivity index (χ0) is 26.6. The van der Waals surface area contributed by atoms with E-state index in [4.69, 9.17) is 4.42 Å². The number of Topliss-reactive ketones (excluding diaryl/α,β-unsaturated/α-hetero) is 1.